The van der Waals surface area contributed by atoms with Crippen LogP contribution in [0.25, 0.3) is 0 Å². The molecule has 10 heteroatoms. The van der Waals surface area contributed by atoms with E-state index in [9.17, 15) is 4.79 Å². The summed E-state index contributed by atoms with van der Waals surface area (Å²) in [5.41, 5.74) is 3.93. The fraction of sp³-hybridized carbons (Fsp3) is 0.167. The molecule has 1 amide bonds. The molecular formula is C24H20Br2Cl2N2O4. The highest BCUT2D eigenvalue weighted by molar-refractivity contribution is 9.10. The Hall–Kier alpha value is -2.26. The molecule has 0 aliphatic rings. The van der Waals surface area contributed by atoms with E-state index in [1.165, 1.54) is 6.21 Å². The van der Waals surface area contributed by atoms with Gasteiger partial charge in [-0.3, -0.25) is 4.79 Å². The van der Waals surface area contributed by atoms with Crippen LogP contribution in [-0.2, 0) is 11.4 Å². The maximum atomic E-state index is 12.0. The standard InChI is InChI=1S/C24H20Br2Cl2N2O4/c1-2-32-22-9-16(12-29-30-24(31)14-33-19-7-4-17(25)5-8-19)20(26)11-23(22)34-13-15-3-6-18(27)10-21(15)28/h3-12H,2,13-14H2,1H3,(H,30,31)/b29-12-. The van der Waals surface area contributed by atoms with E-state index in [0.717, 1.165) is 10.0 Å². The highest BCUT2D eigenvalue weighted by Gasteiger charge is 2.12. The molecule has 0 bridgehead atoms. The van der Waals surface area contributed by atoms with Gasteiger partial charge in [0.05, 0.1) is 12.8 Å². The first-order valence-corrected chi connectivity index (χ1v) is 12.4. The third-order valence-corrected chi connectivity index (χ3v) is 6.14. The Bertz CT molecular complexity index is 1170. The van der Waals surface area contributed by atoms with E-state index in [0.29, 0.717) is 43.9 Å². The molecular weight excluding hydrogens is 611 g/mol. The van der Waals surface area contributed by atoms with E-state index in [2.05, 4.69) is 42.4 Å². The van der Waals surface area contributed by atoms with Crippen molar-refractivity contribution in [1.82, 2.24) is 5.43 Å². The van der Waals surface area contributed by atoms with Gasteiger partial charge in [-0.1, -0.05) is 45.2 Å². The van der Waals surface area contributed by atoms with Crippen molar-refractivity contribution >= 4 is 67.2 Å². The molecule has 0 unspecified atom stereocenters. The summed E-state index contributed by atoms with van der Waals surface area (Å²) in [5.74, 6) is 1.26. The summed E-state index contributed by atoms with van der Waals surface area (Å²) in [6, 6.07) is 15.9. The van der Waals surface area contributed by atoms with Gasteiger partial charge in [0.1, 0.15) is 12.4 Å². The van der Waals surface area contributed by atoms with Crippen LogP contribution in [0.15, 0.2) is 68.6 Å². The van der Waals surface area contributed by atoms with Crippen LogP contribution in [0.2, 0.25) is 10.0 Å². The first-order chi connectivity index (χ1) is 16.4. The van der Waals surface area contributed by atoms with Gasteiger partial charge in [0, 0.05) is 30.1 Å². The summed E-state index contributed by atoms with van der Waals surface area (Å²) in [7, 11) is 0. The maximum absolute atomic E-state index is 12.0. The van der Waals surface area contributed by atoms with Crippen molar-refractivity contribution in [3.63, 3.8) is 0 Å². The number of hydrazone groups is 1. The number of nitrogens with zero attached hydrogens (tertiary/aromatic N) is 1. The summed E-state index contributed by atoms with van der Waals surface area (Å²) < 4.78 is 18.7. The summed E-state index contributed by atoms with van der Waals surface area (Å²) in [6.07, 6.45) is 1.50. The Balaban J connectivity index is 1.62. The lowest BCUT2D eigenvalue weighted by Crippen LogP contribution is -2.24. The van der Waals surface area contributed by atoms with Gasteiger partial charge < -0.3 is 14.2 Å². The van der Waals surface area contributed by atoms with Crippen molar-refractivity contribution in [3.8, 4) is 17.2 Å². The second kappa shape index (κ2) is 13.0. The van der Waals surface area contributed by atoms with Gasteiger partial charge in [0.15, 0.2) is 18.1 Å². The molecule has 3 aromatic carbocycles. The van der Waals surface area contributed by atoms with Gasteiger partial charge in [-0.15, -0.1) is 0 Å². The number of amides is 1. The van der Waals surface area contributed by atoms with Gasteiger partial charge in [0.25, 0.3) is 5.91 Å². The van der Waals surface area contributed by atoms with Crippen LogP contribution in [0.3, 0.4) is 0 Å². The Morgan fingerprint density at radius 1 is 1.00 bits per heavy atom. The number of nitrogens with one attached hydrogen (secondary N) is 1. The predicted octanol–water partition coefficient (Wildman–Crippen LogP) is 7.03. The van der Waals surface area contributed by atoms with Gasteiger partial charge in [-0.25, -0.2) is 5.43 Å². The first-order valence-electron chi connectivity index (χ1n) is 10.1. The fourth-order valence-electron chi connectivity index (χ4n) is 2.71. The molecule has 0 atom stereocenters. The van der Waals surface area contributed by atoms with E-state index in [1.807, 2.05) is 25.1 Å². The lowest BCUT2D eigenvalue weighted by molar-refractivity contribution is -0.123. The second-order valence-corrected chi connectivity index (χ2v) is 9.43. The fourth-order valence-corrected chi connectivity index (χ4v) is 3.86. The number of rotatable bonds is 10. The topological polar surface area (TPSA) is 69.2 Å². The van der Waals surface area contributed by atoms with E-state index in [4.69, 9.17) is 37.4 Å². The average Bonchev–Trinajstić information content (AvgIpc) is 2.80. The van der Waals surface area contributed by atoms with Gasteiger partial charge in [0.2, 0.25) is 0 Å². The molecule has 178 valence electrons. The second-order valence-electron chi connectivity index (χ2n) is 6.81. The van der Waals surface area contributed by atoms with E-state index in [1.54, 1.807) is 36.4 Å². The Morgan fingerprint density at radius 2 is 1.74 bits per heavy atom. The molecule has 0 spiro atoms. The summed E-state index contributed by atoms with van der Waals surface area (Å²) >= 11 is 19.0. The molecule has 0 saturated heterocycles. The van der Waals surface area contributed by atoms with Gasteiger partial charge in [-0.05, 0) is 71.4 Å². The Kier molecular flexibility index (Phi) is 10.1. The zero-order valence-corrected chi connectivity index (χ0v) is 22.7. The number of hydrogen-bond donors (Lipinski definition) is 1. The summed E-state index contributed by atoms with van der Waals surface area (Å²) in [5, 5.41) is 5.08. The van der Waals surface area contributed by atoms with E-state index in [-0.39, 0.29) is 19.1 Å². The smallest absolute Gasteiger partial charge is 0.277 e. The number of carbonyl (C=O) groups is 1. The molecule has 0 aliphatic heterocycles. The number of hydrogen-bond acceptors (Lipinski definition) is 5. The minimum Gasteiger partial charge on any atom is -0.490 e. The zero-order chi connectivity index (χ0) is 24.5. The third kappa shape index (κ3) is 7.91. The molecule has 6 nitrogen and oxygen atoms in total. The molecule has 3 rings (SSSR count). The summed E-state index contributed by atoms with van der Waals surface area (Å²) in [6.45, 7) is 2.40. The number of carbonyl (C=O) groups excluding carboxylic acids is 1. The van der Waals surface area contributed by atoms with Crippen molar-refractivity contribution in [2.45, 2.75) is 13.5 Å². The van der Waals surface area contributed by atoms with Crippen LogP contribution in [0.5, 0.6) is 17.2 Å². The van der Waals surface area contributed by atoms with Crippen molar-refractivity contribution in [2.24, 2.45) is 5.10 Å². The van der Waals surface area contributed by atoms with Gasteiger partial charge in [-0.2, -0.15) is 5.10 Å². The SMILES string of the molecule is CCOc1cc(/C=N\NC(=O)COc2ccc(Br)cc2)c(Br)cc1OCc1ccc(Cl)cc1Cl. The van der Waals surface area contributed by atoms with Crippen molar-refractivity contribution in [2.75, 3.05) is 13.2 Å². The molecule has 0 heterocycles. The predicted molar refractivity (Wildman–Crippen MR) is 141 cm³/mol. The lowest BCUT2D eigenvalue weighted by Gasteiger charge is -2.14. The lowest BCUT2D eigenvalue weighted by atomic mass is 10.2. The molecule has 0 saturated carbocycles. The molecule has 1 N–H and O–H groups in total. The molecule has 0 aromatic heterocycles. The largest absolute Gasteiger partial charge is 0.490 e. The molecule has 0 fully saturated rings. The maximum Gasteiger partial charge on any atom is 0.277 e. The monoisotopic (exact) mass is 628 g/mol. The molecule has 0 aliphatic carbocycles. The highest BCUT2D eigenvalue weighted by atomic mass is 79.9. The number of benzene rings is 3. The van der Waals surface area contributed by atoms with Crippen LogP contribution >= 0.6 is 55.1 Å². The van der Waals surface area contributed by atoms with Crippen LogP contribution in [-0.4, -0.2) is 25.3 Å². The first kappa shape index (κ1) is 26.3. The highest BCUT2D eigenvalue weighted by Crippen LogP contribution is 2.34. The van der Waals surface area contributed by atoms with E-state index >= 15 is 0 Å². The Labute approximate surface area is 224 Å². The van der Waals surface area contributed by atoms with Crippen molar-refractivity contribution < 1.29 is 19.0 Å². The number of halogens is 4. The molecule has 34 heavy (non-hydrogen) atoms. The average molecular weight is 631 g/mol. The number of ether oxygens (including phenoxy) is 3. The Morgan fingerprint density at radius 3 is 2.44 bits per heavy atom. The normalized spacial score (nSPS) is 10.9. The van der Waals surface area contributed by atoms with E-state index < -0.39 is 0 Å². The third-order valence-electron chi connectivity index (χ3n) is 4.34. The van der Waals surface area contributed by atoms with Crippen LogP contribution in [0.4, 0.5) is 0 Å². The van der Waals surface area contributed by atoms with Crippen molar-refractivity contribution in [3.05, 3.63) is 84.7 Å². The van der Waals surface area contributed by atoms with Crippen LogP contribution in [0, 0.1) is 0 Å². The minimum atomic E-state index is -0.389. The van der Waals surface area contributed by atoms with Gasteiger partial charge >= 0.3 is 0 Å². The van der Waals surface area contributed by atoms with Crippen molar-refractivity contribution in [1.29, 1.82) is 0 Å². The van der Waals surface area contributed by atoms with Crippen LogP contribution < -0.4 is 19.6 Å². The molecule has 3 aromatic rings. The van der Waals surface area contributed by atoms with Crippen LogP contribution in [0.1, 0.15) is 18.1 Å². The summed E-state index contributed by atoms with van der Waals surface area (Å²) in [4.78, 5) is 12.0. The molecule has 0 radical (unpaired) electrons. The zero-order valence-electron chi connectivity index (χ0n) is 18.0. The minimum absolute atomic E-state index is 0.162. The quantitative estimate of drug-likeness (QED) is 0.193.